The van der Waals surface area contributed by atoms with E-state index in [0.29, 0.717) is 6.61 Å². The molecule has 4 heteroatoms. The van der Waals surface area contributed by atoms with Gasteiger partial charge in [-0.3, -0.25) is 4.79 Å². The van der Waals surface area contributed by atoms with Crippen molar-refractivity contribution in [2.45, 2.75) is 25.4 Å². The van der Waals surface area contributed by atoms with Crippen molar-refractivity contribution in [3.8, 4) is 0 Å². The van der Waals surface area contributed by atoms with Crippen molar-refractivity contribution in [1.29, 1.82) is 0 Å². The summed E-state index contributed by atoms with van der Waals surface area (Å²) in [4.78, 5) is 11.9. The Balaban J connectivity index is 1.70. The number of nitrogens with one attached hydrogen (secondary N) is 2. The molecule has 0 aliphatic carbocycles. The summed E-state index contributed by atoms with van der Waals surface area (Å²) in [5, 5.41) is 6.22. The molecule has 0 bridgehead atoms. The Bertz CT molecular complexity index is 439. The fourth-order valence-corrected chi connectivity index (χ4v) is 2.39. The minimum Gasteiger partial charge on any atom is -0.384 e. The van der Waals surface area contributed by atoms with Crippen molar-refractivity contribution < 1.29 is 9.53 Å². The topological polar surface area (TPSA) is 50.4 Å². The fourth-order valence-electron chi connectivity index (χ4n) is 2.39. The predicted molar refractivity (Wildman–Crippen MR) is 66.2 cm³/mol. The maximum absolute atomic E-state index is 11.9. The third-order valence-corrected chi connectivity index (χ3v) is 3.30. The Morgan fingerprint density at radius 1 is 1.47 bits per heavy atom. The van der Waals surface area contributed by atoms with Crippen LogP contribution in [0.1, 0.15) is 18.4 Å². The minimum absolute atomic E-state index is 0.0200. The first-order chi connectivity index (χ1) is 8.33. The van der Waals surface area contributed by atoms with E-state index in [9.17, 15) is 4.79 Å². The van der Waals surface area contributed by atoms with Gasteiger partial charge in [0.1, 0.15) is 6.10 Å². The second-order valence-corrected chi connectivity index (χ2v) is 4.54. The summed E-state index contributed by atoms with van der Waals surface area (Å²) < 4.78 is 5.36. The molecule has 4 nitrogen and oxygen atoms in total. The van der Waals surface area contributed by atoms with Crippen LogP contribution in [0.5, 0.6) is 0 Å². The Labute approximate surface area is 100 Å². The number of fused-ring (bicyclic) bond motifs is 1. The van der Waals surface area contributed by atoms with Crippen LogP contribution < -0.4 is 10.6 Å². The van der Waals surface area contributed by atoms with Crippen LogP contribution in [0.25, 0.3) is 0 Å². The van der Waals surface area contributed by atoms with Gasteiger partial charge in [-0.05, 0) is 43.0 Å². The van der Waals surface area contributed by atoms with Gasteiger partial charge >= 0.3 is 0 Å². The summed E-state index contributed by atoms with van der Waals surface area (Å²) in [6, 6.07) is 6.00. The molecular formula is C13H16N2O2. The first-order valence-corrected chi connectivity index (χ1v) is 6.12. The van der Waals surface area contributed by atoms with Gasteiger partial charge in [0.05, 0.1) is 0 Å². The number of anilines is 2. The largest absolute Gasteiger partial charge is 0.384 e. The summed E-state index contributed by atoms with van der Waals surface area (Å²) in [6.07, 6.45) is 2.57. The first-order valence-electron chi connectivity index (χ1n) is 6.12. The summed E-state index contributed by atoms with van der Waals surface area (Å²) in [6.45, 7) is 1.69. The molecule has 1 amide bonds. The van der Waals surface area contributed by atoms with Crippen LogP contribution in [0.4, 0.5) is 11.4 Å². The summed E-state index contributed by atoms with van der Waals surface area (Å²) in [7, 11) is 0. The quantitative estimate of drug-likeness (QED) is 0.817. The highest BCUT2D eigenvalue weighted by Gasteiger charge is 2.23. The molecule has 0 aromatic heterocycles. The van der Waals surface area contributed by atoms with E-state index < -0.39 is 0 Å². The van der Waals surface area contributed by atoms with E-state index in [1.54, 1.807) is 0 Å². The Morgan fingerprint density at radius 3 is 3.24 bits per heavy atom. The normalized spacial score (nSPS) is 22.0. The number of rotatable bonds is 2. The lowest BCUT2D eigenvalue weighted by molar-refractivity contribution is -0.124. The molecule has 1 aromatic carbocycles. The number of amides is 1. The predicted octanol–water partition coefficient (Wildman–Crippen LogP) is 1.77. The summed E-state index contributed by atoms with van der Waals surface area (Å²) >= 11 is 0. The van der Waals surface area contributed by atoms with E-state index in [2.05, 4.69) is 10.6 Å². The van der Waals surface area contributed by atoms with E-state index in [1.165, 1.54) is 11.3 Å². The lowest BCUT2D eigenvalue weighted by atomic mass is 10.1. The Hall–Kier alpha value is -1.55. The monoisotopic (exact) mass is 232 g/mol. The molecule has 2 aliphatic heterocycles. The second kappa shape index (κ2) is 4.37. The number of carbonyl (C=O) groups excluding carboxylic acids is 1. The molecule has 1 atom stereocenters. The number of benzene rings is 1. The number of carbonyl (C=O) groups is 1. The minimum atomic E-state index is -0.263. The van der Waals surface area contributed by atoms with Crippen molar-refractivity contribution in [2.24, 2.45) is 0 Å². The number of hydrogen-bond acceptors (Lipinski definition) is 3. The second-order valence-electron chi connectivity index (χ2n) is 4.54. The molecule has 1 aromatic rings. The zero-order valence-electron chi connectivity index (χ0n) is 9.66. The SMILES string of the molecule is O=C(Nc1ccc2c(c1)CCN2)C1CCCO1. The highest BCUT2D eigenvalue weighted by molar-refractivity contribution is 5.94. The van der Waals surface area contributed by atoms with Gasteiger partial charge in [0.2, 0.25) is 0 Å². The molecule has 0 spiro atoms. The van der Waals surface area contributed by atoms with Gasteiger partial charge in [-0.1, -0.05) is 0 Å². The smallest absolute Gasteiger partial charge is 0.253 e. The van der Waals surface area contributed by atoms with Gasteiger partial charge < -0.3 is 15.4 Å². The van der Waals surface area contributed by atoms with Crippen LogP contribution in [-0.4, -0.2) is 25.2 Å². The lowest BCUT2D eigenvalue weighted by Crippen LogP contribution is -2.26. The molecule has 1 saturated heterocycles. The molecular weight excluding hydrogens is 216 g/mol. The van der Waals surface area contributed by atoms with E-state index >= 15 is 0 Å². The van der Waals surface area contributed by atoms with Crippen LogP contribution in [0, 0.1) is 0 Å². The maximum Gasteiger partial charge on any atom is 0.253 e. The van der Waals surface area contributed by atoms with E-state index in [1.807, 2.05) is 18.2 Å². The van der Waals surface area contributed by atoms with Gasteiger partial charge in [0, 0.05) is 24.5 Å². The average molecular weight is 232 g/mol. The lowest BCUT2D eigenvalue weighted by Gasteiger charge is -2.11. The van der Waals surface area contributed by atoms with Gasteiger partial charge in [0.25, 0.3) is 5.91 Å². The van der Waals surface area contributed by atoms with Crippen LogP contribution in [-0.2, 0) is 16.0 Å². The van der Waals surface area contributed by atoms with Gasteiger partial charge in [-0.2, -0.15) is 0 Å². The standard InChI is InChI=1S/C13H16N2O2/c16-13(12-2-1-7-17-12)15-10-3-4-11-9(8-10)5-6-14-11/h3-4,8,12,14H,1-2,5-7H2,(H,15,16). The molecule has 0 saturated carbocycles. The average Bonchev–Trinajstić information content (AvgIpc) is 2.99. The third kappa shape index (κ3) is 2.13. The first kappa shape index (κ1) is 10.6. The van der Waals surface area contributed by atoms with E-state index in [4.69, 9.17) is 4.74 Å². The molecule has 2 aliphatic rings. The Morgan fingerprint density at radius 2 is 2.41 bits per heavy atom. The van der Waals surface area contributed by atoms with Crippen LogP contribution in [0.15, 0.2) is 18.2 Å². The van der Waals surface area contributed by atoms with Crippen molar-refractivity contribution in [3.05, 3.63) is 23.8 Å². The third-order valence-electron chi connectivity index (χ3n) is 3.30. The molecule has 0 radical (unpaired) electrons. The van der Waals surface area contributed by atoms with Crippen LogP contribution in [0.3, 0.4) is 0 Å². The van der Waals surface area contributed by atoms with Gasteiger partial charge in [-0.15, -0.1) is 0 Å². The van der Waals surface area contributed by atoms with Crippen molar-refractivity contribution in [2.75, 3.05) is 23.8 Å². The molecule has 2 heterocycles. The van der Waals surface area contributed by atoms with E-state index in [-0.39, 0.29) is 12.0 Å². The highest BCUT2D eigenvalue weighted by atomic mass is 16.5. The number of hydrogen-bond donors (Lipinski definition) is 2. The maximum atomic E-state index is 11.9. The number of ether oxygens (including phenoxy) is 1. The zero-order chi connectivity index (χ0) is 11.7. The molecule has 1 unspecified atom stereocenters. The van der Waals surface area contributed by atoms with E-state index in [0.717, 1.165) is 31.5 Å². The summed E-state index contributed by atoms with van der Waals surface area (Å²) in [5.41, 5.74) is 3.32. The zero-order valence-corrected chi connectivity index (χ0v) is 9.66. The molecule has 2 N–H and O–H groups in total. The molecule has 3 rings (SSSR count). The van der Waals surface area contributed by atoms with Crippen molar-refractivity contribution in [1.82, 2.24) is 0 Å². The molecule has 1 fully saturated rings. The van der Waals surface area contributed by atoms with Crippen molar-refractivity contribution >= 4 is 17.3 Å². The van der Waals surface area contributed by atoms with Crippen LogP contribution in [0.2, 0.25) is 0 Å². The van der Waals surface area contributed by atoms with Crippen LogP contribution >= 0.6 is 0 Å². The Kier molecular flexibility index (Phi) is 2.73. The fraction of sp³-hybridized carbons (Fsp3) is 0.462. The molecule has 90 valence electrons. The molecule has 17 heavy (non-hydrogen) atoms. The van der Waals surface area contributed by atoms with Gasteiger partial charge in [-0.25, -0.2) is 0 Å². The van der Waals surface area contributed by atoms with Gasteiger partial charge in [0.15, 0.2) is 0 Å². The summed E-state index contributed by atoms with van der Waals surface area (Å²) in [5.74, 6) is -0.0200. The van der Waals surface area contributed by atoms with Crippen molar-refractivity contribution in [3.63, 3.8) is 0 Å². The highest BCUT2D eigenvalue weighted by Crippen LogP contribution is 2.25.